The van der Waals surface area contributed by atoms with Gasteiger partial charge in [0.1, 0.15) is 0 Å². The van der Waals surface area contributed by atoms with Gasteiger partial charge >= 0.3 is 0 Å². The number of rotatable bonds is 3. The monoisotopic (exact) mass is 260 g/mol. The summed E-state index contributed by atoms with van der Waals surface area (Å²) >= 11 is 0. The largest absolute Gasteiger partial charge is 0.380 e. The molecule has 3 rings (SSSR count). The van der Waals surface area contributed by atoms with Crippen molar-refractivity contribution in [1.82, 2.24) is 5.32 Å². The van der Waals surface area contributed by atoms with Crippen LogP contribution in [0.4, 0.5) is 5.69 Å². The number of benzene rings is 1. The van der Waals surface area contributed by atoms with Crippen LogP contribution in [0.5, 0.6) is 0 Å². The van der Waals surface area contributed by atoms with Gasteiger partial charge in [0.25, 0.3) is 0 Å². The molecule has 0 amide bonds. The quantitative estimate of drug-likeness (QED) is 0.902. The van der Waals surface area contributed by atoms with Gasteiger partial charge in [0.15, 0.2) is 0 Å². The third-order valence-corrected chi connectivity index (χ3v) is 4.60. The first-order valence-corrected chi connectivity index (χ1v) is 7.38. The van der Waals surface area contributed by atoms with Gasteiger partial charge in [0, 0.05) is 38.0 Å². The molecule has 2 aliphatic rings. The molecule has 0 aliphatic carbocycles. The van der Waals surface area contributed by atoms with Crippen molar-refractivity contribution >= 4 is 5.69 Å². The SMILES string of the molecule is COC1CNC(CN2c3ccccc3CCC2C)C1. The first-order chi connectivity index (χ1) is 9.28. The number of hydrogen-bond donors (Lipinski definition) is 1. The molecule has 0 saturated carbocycles. The Morgan fingerprint density at radius 2 is 2.21 bits per heavy atom. The van der Waals surface area contributed by atoms with E-state index in [0.29, 0.717) is 18.2 Å². The Bertz CT molecular complexity index is 435. The molecule has 104 valence electrons. The summed E-state index contributed by atoms with van der Waals surface area (Å²) in [6, 6.07) is 10.0. The lowest BCUT2D eigenvalue weighted by molar-refractivity contribution is 0.117. The molecule has 0 radical (unpaired) electrons. The Hall–Kier alpha value is -1.06. The van der Waals surface area contributed by atoms with E-state index in [4.69, 9.17) is 4.74 Å². The molecular weight excluding hydrogens is 236 g/mol. The van der Waals surface area contributed by atoms with E-state index < -0.39 is 0 Å². The summed E-state index contributed by atoms with van der Waals surface area (Å²) < 4.78 is 5.45. The first kappa shape index (κ1) is 12.9. The number of aryl methyl sites for hydroxylation is 1. The maximum absolute atomic E-state index is 5.45. The summed E-state index contributed by atoms with van der Waals surface area (Å²) in [4.78, 5) is 2.58. The molecule has 2 aliphatic heterocycles. The lowest BCUT2D eigenvalue weighted by atomic mass is 9.96. The van der Waals surface area contributed by atoms with Crippen LogP contribution < -0.4 is 10.2 Å². The molecule has 0 spiro atoms. The topological polar surface area (TPSA) is 24.5 Å². The van der Waals surface area contributed by atoms with Crippen molar-refractivity contribution in [1.29, 1.82) is 0 Å². The lowest BCUT2D eigenvalue weighted by Crippen LogP contribution is -2.44. The Morgan fingerprint density at radius 3 is 3.00 bits per heavy atom. The number of methoxy groups -OCH3 is 1. The average Bonchev–Trinajstić information content (AvgIpc) is 2.90. The van der Waals surface area contributed by atoms with E-state index in [-0.39, 0.29) is 0 Å². The second-order valence-corrected chi connectivity index (χ2v) is 5.87. The van der Waals surface area contributed by atoms with Gasteiger partial charge in [-0.25, -0.2) is 0 Å². The van der Waals surface area contributed by atoms with Crippen LogP contribution in [0.15, 0.2) is 24.3 Å². The average molecular weight is 260 g/mol. The zero-order chi connectivity index (χ0) is 13.2. The van der Waals surface area contributed by atoms with E-state index in [1.54, 1.807) is 0 Å². The van der Waals surface area contributed by atoms with E-state index in [1.807, 2.05) is 7.11 Å². The van der Waals surface area contributed by atoms with Crippen LogP contribution in [0.3, 0.4) is 0 Å². The highest BCUT2D eigenvalue weighted by molar-refractivity contribution is 5.56. The molecule has 1 aromatic carbocycles. The summed E-state index contributed by atoms with van der Waals surface area (Å²) in [5.41, 5.74) is 2.94. The number of nitrogens with one attached hydrogen (secondary N) is 1. The molecule has 1 saturated heterocycles. The zero-order valence-electron chi connectivity index (χ0n) is 11.9. The predicted molar refractivity (Wildman–Crippen MR) is 78.8 cm³/mol. The van der Waals surface area contributed by atoms with Crippen molar-refractivity contribution in [3.05, 3.63) is 29.8 Å². The predicted octanol–water partition coefficient (Wildman–Crippen LogP) is 2.20. The maximum atomic E-state index is 5.45. The fourth-order valence-electron chi connectivity index (χ4n) is 3.38. The van der Waals surface area contributed by atoms with Crippen molar-refractivity contribution in [3.63, 3.8) is 0 Å². The van der Waals surface area contributed by atoms with Crippen LogP contribution in [0.25, 0.3) is 0 Å². The highest BCUT2D eigenvalue weighted by Gasteiger charge is 2.29. The molecule has 0 bridgehead atoms. The minimum Gasteiger partial charge on any atom is -0.380 e. The van der Waals surface area contributed by atoms with E-state index in [9.17, 15) is 0 Å². The lowest BCUT2D eigenvalue weighted by Gasteiger charge is -2.38. The van der Waals surface area contributed by atoms with Gasteiger partial charge in [-0.1, -0.05) is 18.2 Å². The van der Waals surface area contributed by atoms with Crippen molar-refractivity contribution in [3.8, 4) is 0 Å². The van der Waals surface area contributed by atoms with Crippen LogP contribution in [-0.2, 0) is 11.2 Å². The molecule has 2 heterocycles. The summed E-state index contributed by atoms with van der Waals surface area (Å²) in [6.45, 7) is 4.43. The normalized spacial score (nSPS) is 30.4. The third-order valence-electron chi connectivity index (χ3n) is 4.60. The zero-order valence-corrected chi connectivity index (χ0v) is 11.9. The molecule has 3 atom stereocenters. The van der Waals surface area contributed by atoms with Gasteiger partial charge in [0.05, 0.1) is 6.10 Å². The van der Waals surface area contributed by atoms with E-state index in [1.165, 1.54) is 24.1 Å². The number of para-hydroxylation sites is 1. The smallest absolute Gasteiger partial charge is 0.0711 e. The van der Waals surface area contributed by atoms with Gasteiger partial charge < -0.3 is 15.0 Å². The Labute approximate surface area is 115 Å². The molecule has 1 aromatic rings. The second-order valence-electron chi connectivity index (χ2n) is 5.87. The van der Waals surface area contributed by atoms with Gasteiger partial charge in [-0.2, -0.15) is 0 Å². The van der Waals surface area contributed by atoms with Crippen LogP contribution >= 0.6 is 0 Å². The summed E-state index contributed by atoms with van der Waals surface area (Å²) in [7, 11) is 1.81. The van der Waals surface area contributed by atoms with Crippen LogP contribution in [0.2, 0.25) is 0 Å². The summed E-state index contributed by atoms with van der Waals surface area (Å²) in [6.07, 6.45) is 3.99. The van der Waals surface area contributed by atoms with Gasteiger partial charge in [-0.05, 0) is 37.8 Å². The molecule has 19 heavy (non-hydrogen) atoms. The highest BCUT2D eigenvalue weighted by atomic mass is 16.5. The standard InChI is InChI=1S/C16H24N2O/c1-12-7-8-13-5-3-4-6-16(13)18(12)11-14-9-15(19-2)10-17-14/h3-6,12,14-15,17H,7-11H2,1-2H3. The number of ether oxygens (including phenoxy) is 1. The van der Waals surface area contributed by atoms with Gasteiger partial charge in [0.2, 0.25) is 0 Å². The van der Waals surface area contributed by atoms with Gasteiger partial charge in [-0.15, -0.1) is 0 Å². The van der Waals surface area contributed by atoms with E-state index in [2.05, 4.69) is 41.4 Å². The summed E-state index contributed by atoms with van der Waals surface area (Å²) in [5.74, 6) is 0. The van der Waals surface area contributed by atoms with Crippen LogP contribution in [0, 0.1) is 0 Å². The fourth-order valence-corrected chi connectivity index (χ4v) is 3.38. The molecule has 3 heteroatoms. The van der Waals surface area contributed by atoms with E-state index in [0.717, 1.165) is 19.5 Å². The Balaban J connectivity index is 1.73. The van der Waals surface area contributed by atoms with Crippen molar-refractivity contribution in [2.45, 2.75) is 44.4 Å². The molecule has 3 nitrogen and oxygen atoms in total. The Kier molecular flexibility index (Phi) is 3.76. The van der Waals surface area contributed by atoms with Crippen LogP contribution in [0.1, 0.15) is 25.3 Å². The van der Waals surface area contributed by atoms with Crippen molar-refractivity contribution < 1.29 is 4.74 Å². The minimum absolute atomic E-state index is 0.389. The van der Waals surface area contributed by atoms with E-state index >= 15 is 0 Å². The number of nitrogens with zero attached hydrogens (tertiary/aromatic N) is 1. The second kappa shape index (κ2) is 5.51. The number of anilines is 1. The fraction of sp³-hybridized carbons (Fsp3) is 0.625. The summed E-state index contributed by atoms with van der Waals surface area (Å²) in [5, 5.41) is 3.59. The minimum atomic E-state index is 0.389. The Morgan fingerprint density at radius 1 is 1.37 bits per heavy atom. The molecule has 1 N–H and O–H groups in total. The van der Waals surface area contributed by atoms with Gasteiger partial charge in [-0.3, -0.25) is 0 Å². The van der Waals surface area contributed by atoms with Crippen LogP contribution in [-0.4, -0.2) is 38.4 Å². The molecule has 1 fully saturated rings. The van der Waals surface area contributed by atoms with Crippen molar-refractivity contribution in [2.75, 3.05) is 25.1 Å². The number of fused-ring (bicyclic) bond motifs is 1. The highest BCUT2D eigenvalue weighted by Crippen LogP contribution is 2.31. The molecule has 3 unspecified atom stereocenters. The maximum Gasteiger partial charge on any atom is 0.0711 e. The first-order valence-electron chi connectivity index (χ1n) is 7.38. The third kappa shape index (κ3) is 2.63. The number of hydrogen-bond acceptors (Lipinski definition) is 3. The van der Waals surface area contributed by atoms with Crippen molar-refractivity contribution in [2.24, 2.45) is 0 Å². The molecular formula is C16H24N2O. The molecule has 0 aromatic heterocycles.